The molecule has 0 aliphatic carbocycles. The molecule has 4 heteroatoms. The highest BCUT2D eigenvalue weighted by Gasteiger charge is 2.20. The second-order valence-corrected chi connectivity index (χ2v) is 6.98. The van der Waals surface area contributed by atoms with Gasteiger partial charge in [0, 0.05) is 48.4 Å². The molecule has 0 radical (unpaired) electrons. The van der Waals surface area contributed by atoms with Crippen molar-refractivity contribution in [3.8, 4) is 0 Å². The van der Waals surface area contributed by atoms with Gasteiger partial charge >= 0.3 is 0 Å². The van der Waals surface area contributed by atoms with Crippen LogP contribution in [-0.4, -0.2) is 42.7 Å². The summed E-state index contributed by atoms with van der Waals surface area (Å²) in [4.78, 5) is 4.92. The van der Waals surface area contributed by atoms with Crippen molar-refractivity contribution in [3.05, 3.63) is 28.2 Å². The fourth-order valence-corrected chi connectivity index (χ4v) is 3.21. The van der Waals surface area contributed by atoms with Crippen molar-refractivity contribution in [3.63, 3.8) is 0 Å². The number of nitrogens with zero attached hydrogens (tertiary/aromatic N) is 2. The molecule has 1 saturated heterocycles. The van der Waals surface area contributed by atoms with E-state index in [9.17, 15) is 5.11 Å². The van der Waals surface area contributed by atoms with E-state index in [0.29, 0.717) is 0 Å². The van der Waals surface area contributed by atoms with Gasteiger partial charge in [-0.15, -0.1) is 0 Å². The van der Waals surface area contributed by atoms with Crippen LogP contribution in [-0.2, 0) is 0 Å². The molecule has 1 aromatic rings. The molecule has 1 heterocycles. The monoisotopic (exact) mass is 340 g/mol. The Labute approximate surface area is 130 Å². The summed E-state index contributed by atoms with van der Waals surface area (Å²) in [5.74, 6) is 0.724. The maximum atomic E-state index is 9.97. The van der Waals surface area contributed by atoms with E-state index in [1.807, 2.05) is 13.0 Å². The Morgan fingerprint density at radius 2 is 1.80 bits per heavy atom. The molecule has 0 aromatic heterocycles. The number of halogens is 1. The Kier molecular flexibility index (Phi) is 5.47. The van der Waals surface area contributed by atoms with Crippen LogP contribution < -0.4 is 4.90 Å². The fourth-order valence-electron chi connectivity index (χ4n) is 2.84. The fraction of sp³-hybridized carbons (Fsp3) is 0.625. The smallest absolute Gasteiger partial charge is 0.0782 e. The first-order chi connectivity index (χ1) is 9.47. The summed E-state index contributed by atoms with van der Waals surface area (Å²) in [6.45, 7) is 11.8. The molecule has 0 bridgehead atoms. The Morgan fingerprint density at radius 1 is 1.15 bits per heavy atom. The van der Waals surface area contributed by atoms with Gasteiger partial charge in [0.1, 0.15) is 0 Å². The van der Waals surface area contributed by atoms with Crippen molar-refractivity contribution in [2.45, 2.75) is 26.9 Å². The Balaban J connectivity index is 2.07. The van der Waals surface area contributed by atoms with E-state index in [-0.39, 0.29) is 0 Å². The lowest BCUT2D eigenvalue weighted by Crippen LogP contribution is -2.47. The van der Waals surface area contributed by atoms with Crippen LogP contribution in [0.15, 0.2) is 22.7 Å². The zero-order chi connectivity index (χ0) is 14.7. The SMILES string of the molecule is CC(C)CN1CCN(c2ccc(Br)cc2C(C)O)CC1. The lowest BCUT2D eigenvalue weighted by molar-refractivity contribution is 0.198. The summed E-state index contributed by atoms with van der Waals surface area (Å²) in [5.41, 5.74) is 2.18. The molecule has 20 heavy (non-hydrogen) atoms. The van der Waals surface area contributed by atoms with Gasteiger partial charge in [-0.3, -0.25) is 4.90 Å². The molecule has 112 valence electrons. The van der Waals surface area contributed by atoms with Gasteiger partial charge in [0.2, 0.25) is 0 Å². The van der Waals surface area contributed by atoms with Crippen LogP contribution in [0.3, 0.4) is 0 Å². The molecule has 1 atom stereocenters. The zero-order valence-electron chi connectivity index (χ0n) is 12.6. The standard InChI is InChI=1S/C16H25BrN2O/c1-12(2)11-18-6-8-19(9-7-18)16-5-4-14(17)10-15(16)13(3)20/h4-5,10,12-13,20H,6-9,11H2,1-3H3. The van der Waals surface area contributed by atoms with Gasteiger partial charge < -0.3 is 10.0 Å². The Morgan fingerprint density at radius 3 is 2.35 bits per heavy atom. The summed E-state index contributed by atoms with van der Waals surface area (Å²) in [6, 6.07) is 6.20. The Hall–Kier alpha value is -0.580. The predicted octanol–water partition coefficient (Wildman–Crippen LogP) is 3.28. The van der Waals surface area contributed by atoms with E-state index in [2.05, 4.69) is 51.7 Å². The molecule has 1 aliphatic heterocycles. The molecule has 2 rings (SSSR count). The van der Waals surface area contributed by atoms with Crippen LogP contribution in [0, 0.1) is 5.92 Å². The summed E-state index contributed by atoms with van der Waals surface area (Å²) in [6.07, 6.45) is -0.434. The third-order valence-electron chi connectivity index (χ3n) is 3.78. The van der Waals surface area contributed by atoms with Crippen molar-refractivity contribution < 1.29 is 5.11 Å². The van der Waals surface area contributed by atoms with Crippen molar-refractivity contribution in [1.82, 2.24) is 4.90 Å². The Bertz CT molecular complexity index is 440. The van der Waals surface area contributed by atoms with E-state index in [1.165, 1.54) is 12.2 Å². The van der Waals surface area contributed by atoms with E-state index >= 15 is 0 Å². The lowest BCUT2D eigenvalue weighted by Gasteiger charge is -2.38. The third kappa shape index (κ3) is 3.96. The van der Waals surface area contributed by atoms with Crippen LogP contribution in [0.1, 0.15) is 32.4 Å². The number of aliphatic hydroxyl groups excluding tert-OH is 1. The highest BCUT2D eigenvalue weighted by Crippen LogP contribution is 2.30. The van der Waals surface area contributed by atoms with E-state index < -0.39 is 6.10 Å². The van der Waals surface area contributed by atoms with Crippen molar-refractivity contribution in [2.24, 2.45) is 5.92 Å². The first-order valence-corrected chi connectivity index (χ1v) is 8.21. The minimum atomic E-state index is -0.434. The van der Waals surface area contributed by atoms with Gasteiger partial charge in [0.25, 0.3) is 0 Å². The first-order valence-electron chi connectivity index (χ1n) is 7.42. The normalized spacial score (nSPS) is 18.6. The summed E-state index contributed by atoms with van der Waals surface area (Å²) in [7, 11) is 0. The maximum absolute atomic E-state index is 9.97. The number of anilines is 1. The number of piperazine rings is 1. The lowest BCUT2D eigenvalue weighted by atomic mass is 10.1. The van der Waals surface area contributed by atoms with Crippen LogP contribution in [0.5, 0.6) is 0 Å². The number of rotatable bonds is 4. The minimum Gasteiger partial charge on any atom is -0.389 e. The summed E-state index contributed by atoms with van der Waals surface area (Å²) in [5, 5.41) is 9.97. The van der Waals surface area contributed by atoms with Gasteiger partial charge in [0.15, 0.2) is 0 Å². The first kappa shape index (κ1) is 15.8. The molecule has 1 unspecified atom stereocenters. The molecule has 0 saturated carbocycles. The number of hydrogen-bond donors (Lipinski definition) is 1. The molecule has 1 fully saturated rings. The van der Waals surface area contributed by atoms with Crippen LogP contribution in [0.2, 0.25) is 0 Å². The summed E-state index contributed by atoms with van der Waals surface area (Å²) < 4.78 is 1.02. The topological polar surface area (TPSA) is 26.7 Å². The molecule has 1 aromatic carbocycles. The maximum Gasteiger partial charge on any atom is 0.0782 e. The van der Waals surface area contributed by atoms with Gasteiger partial charge in [-0.05, 0) is 31.0 Å². The molecule has 3 nitrogen and oxygen atoms in total. The van der Waals surface area contributed by atoms with Gasteiger partial charge in [0.05, 0.1) is 6.10 Å². The largest absolute Gasteiger partial charge is 0.389 e. The molecular weight excluding hydrogens is 316 g/mol. The van der Waals surface area contributed by atoms with Gasteiger partial charge in [-0.2, -0.15) is 0 Å². The molecule has 1 N–H and O–H groups in total. The van der Waals surface area contributed by atoms with E-state index in [1.54, 1.807) is 0 Å². The van der Waals surface area contributed by atoms with Gasteiger partial charge in [-0.1, -0.05) is 29.8 Å². The predicted molar refractivity (Wildman–Crippen MR) is 88.3 cm³/mol. The van der Waals surface area contributed by atoms with Crippen molar-refractivity contribution in [1.29, 1.82) is 0 Å². The third-order valence-corrected chi connectivity index (χ3v) is 4.27. The van der Waals surface area contributed by atoms with E-state index in [0.717, 1.165) is 42.1 Å². The quantitative estimate of drug-likeness (QED) is 0.911. The highest BCUT2D eigenvalue weighted by atomic mass is 79.9. The molecule has 0 amide bonds. The van der Waals surface area contributed by atoms with Crippen molar-refractivity contribution >= 4 is 21.6 Å². The second kappa shape index (κ2) is 6.92. The average Bonchev–Trinajstić information content (AvgIpc) is 2.39. The summed E-state index contributed by atoms with van der Waals surface area (Å²) >= 11 is 3.49. The van der Waals surface area contributed by atoms with Crippen molar-refractivity contribution in [2.75, 3.05) is 37.6 Å². The molecule has 0 spiro atoms. The molecular formula is C16H25BrN2O. The molecule has 1 aliphatic rings. The highest BCUT2D eigenvalue weighted by molar-refractivity contribution is 9.10. The zero-order valence-corrected chi connectivity index (χ0v) is 14.2. The van der Waals surface area contributed by atoms with Crippen LogP contribution in [0.4, 0.5) is 5.69 Å². The number of hydrogen-bond acceptors (Lipinski definition) is 3. The number of aliphatic hydroxyl groups is 1. The van der Waals surface area contributed by atoms with E-state index in [4.69, 9.17) is 0 Å². The second-order valence-electron chi connectivity index (χ2n) is 6.06. The van der Waals surface area contributed by atoms with Gasteiger partial charge in [-0.25, -0.2) is 0 Å². The van der Waals surface area contributed by atoms with Crippen LogP contribution >= 0.6 is 15.9 Å². The minimum absolute atomic E-state index is 0.434. The number of benzene rings is 1. The van der Waals surface area contributed by atoms with Crippen LogP contribution in [0.25, 0.3) is 0 Å². The average molecular weight is 341 g/mol.